The smallest absolute Gasteiger partial charge is 0.232 e. The minimum Gasteiger partial charge on any atom is -0.424 e. The Morgan fingerprint density at radius 3 is 2.83 bits per heavy atom. The molecule has 0 radical (unpaired) electrons. The molecule has 1 saturated heterocycles. The zero-order chi connectivity index (χ0) is 16.9. The lowest BCUT2D eigenvalue weighted by Crippen LogP contribution is -2.41. The van der Waals surface area contributed by atoms with Crippen LogP contribution in [0.3, 0.4) is 0 Å². The molecule has 0 saturated carbocycles. The van der Waals surface area contributed by atoms with E-state index in [-0.39, 0.29) is 12.0 Å². The predicted octanol–water partition coefficient (Wildman–Crippen LogP) is 3.22. The maximum Gasteiger partial charge on any atom is 0.232 e. The maximum atomic E-state index is 9.27. The molecule has 1 N–H and O–H groups in total. The molecule has 2 aromatic heterocycles. The molecular formula is C17H22N4O2S. The molecule has 0 unspecified atom stereocenters. The van der Waals surface area contributed by atoms with Crippen LogP contribution in [-0.2, 0) is 4.74 Å². The third kappa shape index (κ3) is 3.78. The summed E-state index contributed by atoms with van der Waals surface area (Å²) in [5.74, 6) is 1.21. The van der Waals surface area contributed by atoms with E-state index in [0.717, 1.165) is 26.3 Å². The second-order valence-electron chi connectivity index (χ2n) is 6.06. The number of nitrogens with zero attached hydrogens (tertiary/aromatic N) is 3. The number of hydrogen-bond donors (Lipinski definition) is 1. The summed E-state index contributed by atoms with van der Waals surface area (Å²) in [6.45, 7) is 7.99. The number of aromatic nitrogens is 1. The molecule has 0 bridgehead atoms. The zero-order valence-corrected chi connectivity index (χ0v) is 14.8. The highest BCUT2D eigenvalue weighted by atomic mass is 32.1. The maximum absolute atomic E-state index is 9.27. The van der Waals surface area contributed by atoms with Crippen LogP contribution >= 0.6 is 11.3 Å². The van der Waals surface area contributed by atoms with Gasteiger partial charge in [-0.05, 0) is 11.4 Å². The number of ether oxygens (including phenoxy) is 1. The molecule has 24 heavy (non-hydrogen) atoms. The third-order valence-electron chi connectivity index (χ3n) is 4.06. The molecular weight excluding hydrogens is 324 g/mol. The fourth-order valence-electron chi connectivity index (χ4n) is 2.75. The lowest BCUT2D eigenvalue weighted by atomic mass is 10.2. The number of thiophene rings is 1. The van der Waals surface area contributed by atoms with Crippen LogP contribution in [0.25, 0.3) is 0 Å². The SMILES string of the molecule is CC(C)c1nc(C#N)c(NC[C@@H](c2cccs2)N2CCOCC2)o1. The Morgan fingerprint density at radius 1 is 1.42 bits per heavy atom. The predicted molar refractivity (Wildman–Crippen MR) is 93.2 cm³/mol. The van der Waals surface area contributed by atoms with Crippen molar-refractivity contribution in [3.63, 3.8) is 0 Å². The second-order valence-corrected chi connectivity index (χ2v) is 7.04. The Balaban J connectivity index is 1.75. The zero-order valence-electron chi connectivity index (χ0n) is 14.0. The van der Waals surface area contributed by atoms with Gasteiger partial charge in [-0.15, -0.1) is 11.3 Å². The highest BCUT2D eigenvalue weighted by Crippen LogP contribution is 2.28. The van der Waals surface area contributed by atoms with Crippen molar-refractivity contribution in [2.75, 3.05) is 38.2 Å². The number of hydrogen-bond acceptors (Lipinski definition) is 7. The van der Waals surface area contributed by atoms with Crippen LogP contribution in [0.2, 0.25) is 0 Å². The number of anilines is 1. The van der Waals surface area contributed by atoms with Crippen molar-refractivity contribution in [1.82, 2.24) is 9.88 Å². The molecule has 0 amide bonds. The average molecular weight is 346 g/mol. The first kappa shape index (κ1) is 17.0. The highest BCUT2D eigenvalue weighted by Gasteiger charge is 2.24. The number of oxazole rings is 1. The molecule has 0 aromatic carbocycles. The van der Waals surface area contributed by atoms with Gasteiger partial charge in [0.15, 0.2) is 0 Å². The first-order valence-electron chi connectivity index (χ1n) is 8.19. The van der Waals surface area contributed by atoms with Crippen LogP contribution in [0.15, 0.2) is 21.9 Å². The van der Waals surface area contributed by atoms with E-state index >= 15 is 0 Å². The number of nitriles is 1. The second kappa shape index (κ2) is 7.79. The molecule has 3 rings (SSSR count). The first-order chi connectivity index (χ1) is 11.7. The highest BCUT2D eigenvalue weighted by molar-refractivity contribution is 7.10. The van der Waals surface area contributed by atoms with E-state index in [0.29, 0.717) is 24.0 Å². The summed E-state index contributed by atoms with van der Waals surface area (Å²) in [5, 5.41) is 14.7. The summed E-state index contributed by atoms with van der Waals surface area (Å²) in [7, 11) is 0. The standard InChI is InChI=1S/C17H22N4O2S/c1-12(2)16-20-13(10-18)17(23-16)19-11-14(15-4-3-9-24-15)21-5-7-22-8-6-21/h3-4,9,12,14,19H,5-8,11H2,1-2H3/t14-/m0/s1. The van der Waals surface area contributed by atoms with Crippen LogP contribution in [0, 0.1) is 11.3 Å². The molecule has 1 fully saturated rings. The van der Waals surface area contributed by atoms with Crippen LogP contribution in [0.5, 0.6) is 0 Å². The van der Waals surface area contributed by atoms with E-state index in [1.807, 2.05) is 13.8 Å². The summed E-state index contributed by atoms with van der Waals surface area (Å²) in [6.07, 6.45) is 0. The van der Waals surface area contributed by atoms with E-state index in [1.54, 1.807) is 11.3 Å². The van der Waals surface area contributed by atoms with Crippen LogP contribution in [-0.4, -0.2) is 42.7 Å². The minimum absolute atomic E-state index is 0.153. The molecule has 6 nitrogen and oxygen atoms in total. The van der Waals surface area contributed by atoms with Crippen molar-refractivity contribution < 1.29 is 9.15 Å². The minimum atomic E-state index is 0.153. The lowest BCUT2D eigenvalue weighted by molar-refractivity contribution is 0.0193. The average Bonchev–Trinajstić information content (AvgIpc) is 3.26. The number of morpholine rings is 1. The molecule has 1 aliphatic heterocycles. The molecule has 2 aromatic rings. The van der Waals surface area contributed by atoms with Crippen molar-refractivity contribution >= 4 is 17.2 Å². The number of rotatable bonds is 6. The van der Waals surface area contributed by atoms with E-state index in [9.17, 15) is 5.26 Å². The van der Waals surface area contributed by atoms with Gasteiger partial charge in [-0.2, -0.15) is 5.26 Å². The molecule has 128 valence electrons. The van der Waals surface area contributed by atoms with Crippen LogP contribution in [0.1, 0.15) is 42.3 Å². The normalized spacial score (nSPS) is 16.9. The summed E-state index contributed by atoms with van der Waals surface area (Å²) >= 11 is 1.75. The fourth-order valence-corrected chi connectivity index (χ4v) is 3.61. The Morgan fingerprint density at radius 2 is 2.21 bits per heavy atom. The van der Waals surface area contributed by atoms with Gasteiger partial charge in [0.1, 0.15) is 6.07 Å². The quantitative estimate of drug-likeness (QED) is 0.866. The van der Waals surface area contributed by atoms with Gasteiger partial charge >= 0.3 is 0 Å². The Hall–Kier alpha value is -1.88. The van der Waals surface area contributed by atoms with Crippen LogP contribution < -0.4 is 5.32 Å². The fraction of sp³-hybridized carbons (Fsp3) is 0.529. The van der Waals surface area contributed by atoms with Gasteiger partial charge < -0.3 is 14.5 Å². The molecule has 7 heteroatoms. The van der Waals surface area contributed by atoms with Gasteiger partial charge in [0.25, 0.3) is 0 Å². The molecule has 0 spiro atoms. The van der Waals surface area contributed by atoms with Gasteiger partial charge in [0.2, 0.25) is 17.5 Å². The van der Waals surface area contributed by atoms with Crippen molar-refractivity contribution in [3.05, 3.63) is 34.0 Å². The molecule has 3 heterocycles. The van der Waals surface area contributed by atoms with Crippen molar-refractivity contribution in [2.24, 2.45) is 0 Å². The van der Waals surface area contributed by atoms with Gasteiger partial charge in [-0.3, -0.25) is 4.90 Å². The molecule has 1 atom stereocenters. The summed E-state index contributed by atoms with van der Waals surface area (Å²) < 4.78 is 11.2. The van der Waals surface area contributed by atoms with E-state index in [2.05, 4.69) is 38.8 Å². The summed E-state index contributed by atoms with van der Waals surface area (Å²) in [4.78, 5) is 7.97. The summed E-state index contributed by atoms with van der Waals surface area (Å²) in [6, 6.07) is 6.56. The van der Waals surface area contributed by atoms with Gasteiger partial charge in [-0.25, -0.2) is 4.98 Å². The van der Waals surface area contributed by atoms with Gasteiger partial charge in [-0.1, -0.05) is 19.9 Å². The van der Waals surface area contributed by atoms with E-state index in [4.69, 9.17) is 9.15 Å². The Bertz CT molecular complexity index is 684. The summed E-state index contributed by atoms with van der Waals surface area (Å²) in [5.41, 5.74) is 0.325. The largest absolute Gasteiger partial charge is 0.424 e. The van der Waals surface area contributed by atoms with Gasteiger partial charge in [0.05, 0.1) is 19.3 Å². The molecule has 1 aliphatic rings. The topological polar surface area (TPSA) is 74.3 Å². The number of nitrogens with one attached hydrogen (secondary N) is 1. The van der Waals surface area contributed by atoms with Crippen LogP contribution in [0.4, 0.5) is 5.88 Å². The first-order valence-corrected chi connectivity index (χ1v) is 9.07. The monoisotopic (exact) mass is 346 g/mol. The van der Waals surface area contributed by atoms with Crippen molar-refractivity contribution in [2.45, 2.75) is 25.8 Å². The van der Waals surface area contributed by atoms with Crippen molar-refractivity contribution in [3.8, 4) is 6.07 Å². The van der Waals surface area contributed by atoms with Crippen molar-refractivity contribution in [1.29, 1.82) is 5.26 Å². The van der Waals surface area contributed by atoms with Gasteiger partial charge in [0, 0.05) is 30.4 Å². The van der Waals surface area contributed by atoms with E-state index in [1.165, 1.54) is 4.88 Å². The lowest BCUT2D eigenvalue weighted by Gasteiger charge is -2.34. The molecule has 0 aliphatic carbocycles. The Labute approximate surface area is 146 Å². The third-order valence-corrected chi connectivity index (χ3v) is 5.03. The Kier molecular flexibility index (Phi) is 5.51. The van der Waals surface area contributed by atoms with E-state index < -0.39 is 0 Å².